The second-order valence-electron chi connectivity index (χ2n) is 6.25. The number of hydrogen-bond acceptors (Lipinski definition) is 3. The van der Waals surface area contributed by atoms with Crippen molar-refractivity contribution >= 4 is 0 Å². The van der Waals surface area contributed by atoms with Gasteiger partial charge in [0.2, 0.25) is 0 Å². The topological polar surface area (TPSA) is 47.3 Å². The van der Waals surface area contributed by atoms with Gasteiger partial charge in [0.15, 0.2) is 0 Å². The van der Waals surface area contributed by atoms with Gasteiger partial charge < -0.3 is 4.74 Å². The molecule has 1 aliphatic heterocycles. The van der Waals surface area contributed by atoms with Gasteiger partial charge in [-0.15, -0.1) is 0 Å². The predicted octanol–water partition coefficient (Wildman–Crippen LogP) is 2.51. The van der Waals surface area contributed by atoms with Crippen LogP contribution < -0.4 is 11.3 Å². The standard InChI is InChI=1S/C17H26N2O/c18-19-16(12-17-6-1-2-9-20-17)11-13-7-8-14-4-3-5-15(14)10-13/h7-8,10,16-17,19H,1-6,9,11-12,18H2. The maximum atomic E-state index is 5.83. The van der Waals surface area contributed by atoms with Crippen molar-refractivity contribution in [3.63, 3.8) is 0 Å². The monoisotopic (exact) mass is 274 g/mol. The van der Waals surface area contributed by atoms with Crippen molar-refractivity contribution in [2.75, 3.05) is 6.61 Å². The summed E-state index contributed by atoms with van der Waals surface area (Å²) >= 11 is 0. The molecule has 1 aliphatic carbocycles. The van der Waals surface area contributed by atoms with Gasteiger partial charge in [0.05, 0.1) is 6.10 Å². The minimum Gasteiger partial charge on any atom is -0.378 e. The maximum Gasteiger partial charge on any atom is 0.0590 e. The Labute approximate surface area is 121 Å². The summed E-state index contributed by atoms with van der Waals surface area (Å²) in [6, 6.07) is 7.28. The van der Waals surface area contributed by atoms with Gasteiger partial charge in [0.25, 0.3) is 0 Å². The summed E-state index contributed by atoms with van der Waals surface area (Å²) in [7, 11) is 0. The van der Waals surface area contributed by atoms with Gasteiger partial charge in [0.1, 0.15) is 0 Å². The van der Waals surface area contributed by atoms with Crippen LogP contribution in [0.3, 0.4) is 0 Å². The summed E-state index contributed by atoms with van der Waals surface area (Å²) in [5.41, 5.74) is 7.48. The summed E-state index contributed by atoms with van der Waals surface area (Å²) in [5, 5.41) is 0. The molecule has 2 unspecified atom stereocenters. The lowest BCUT2D eigenvalue weighted by molar-refractivity contribution is 0.00524. The Morgan fingerprint density at radius 3 is 2.90 bits per heavy atom. The van der Waals surface area contributed by atoms with Gasteiger partial charge in [-0.05, 0) is 68.1 Å². The van der Waals surface area contributed by atoms with E-state index < -0.39 is 0 Å². The molecule has 110 valence electrons. The molecule has 0 spiro atoms. The minimum atomic E-state index is 0.317. The van der Waals surface area contributed by atoms with Crippen LogP contribution in [-0.4, -0.2) is 18.8 Å². The van der Waals surface area contributed by atoms with Crippen molar-refractivity contribution in [3.8, 4) is 0 Å². The van der Waals surface area contributed by atoms with Crippen LogP contribution in [-0.2, 0) is 24.0 Å². The Balaban J connectivity index is 1.59. The first-order valence-corrected chi connectivity index (χ1v) is 8.03. The number of fused-ring (bicyclic) bond motifs is 1. The summed E-state index contributed by atoms with van der Waals surface area (Å²) < 4.78 is 5.83. The third kappa shape index (κ3) is 3.40. The highest BCUT2D eigenvalue weighted by atomic mass is 16.5. The molecule has 1 aromatic carbocycles. The first kappa shape index (κ1) is 14.1. The second-order valence-corrected chi connectivity index (χ2v) is 6.25. The largest absolute Gasteiger partial charge is 0.378 e. The zero-order valence-electron chi connectivity index (χ0n) is 12.2. The molecule has 2 atom stereocenters. The van der Waals surface area contributed by atoms with Gasteiger partial charge >= 0.3 is 0 Å². The zero-order valence-corrected chi connectivity index (χ0v) is 12.2. The smallest absolute Gasteiger partial charge is 0.0590 e. The fraction of sp³-hybridized carbons (Fsp3) is 0.647. The normalized spacial score (nSPS) is 23.6. The molecule has 0 saturated carbocycles. The van der Waals surface area contributed by atoms with Crippen molar-refractivity contribution in [1.29, 1.82) is 0 Å². The second kappa shape index (κ2) is 6.70. The summed E-state index contributed by atoms with van der Waals surface area (Å²) in [4.78, 5) is 0. The van der Waals surface area contributed by atoms with Crippen molar-refractivity contribution in [2.45, 2.75) is 63.5 Å². The highest BCUT2D eigenvalue weighted by Crippen LogP contribution is 2.24. The predicted molar refractivity (Wildman–Crippen MR) is 81.5 cm³/mol. The average molecular weight is 274 g/mol. The molecule has 20 heavy (non-hydrogen) atoms. The van der Waals surface area contributed by atoms with Crippen LogP contribution in [0.4, 0.5) is 0 Å². The number of aryl methyl sites for hydroxylation is 2. The van der Waals surface area contributed by atoms with E-state index in [1.807, 2.05) is 0 Å². The Morgan fingerprint density at radius 1 is 1.20 bits per heavy atom. The fourth-order valence-corrected chi connectivity index (χ4v) is 3.56. The number of ether oxygens (including phenoxy) is 1. The SMILES string of the molecule is NNC(Cc1ccc2c(c1)CCC2)CC1CCCCO1. The van der Waals surface area contributed by atoms with E-state index in [0.29, 0.717) is 12.1 Å². The highest BCUT2D eigenvalue weighted by Gasteiger charge is 2.20. The van der Waals surface area contributed by atoms with Crippen LogP contribution in [0, 0.1) is 0 Å². The Kier molecular flexibility index (Phi) is 4.71. The molecule has 2 aliphatic rings. The van der Waals surface area contributed by atoms with Gasteiger partial charge in [0, 0.05) is 12.6 Å². The number of nitrogens with two attached hydrogens (primary N) is 1. The molecule has 1 aromatic rings. The van der Waals surface area contributed by atoms with Crippen LogP contribution in [0.25, 0.3) is 0 Å². The third-order valence-electron chi connectivity index (χ3n) is 4.70. The Bertz CT molecular complexity index is 441. The van der Waals surface area contributed by atoms with Crippen molar-refractivity contribution < 1.29 is 4.74 Å². The van der Waals surface area contributed by atoms with Crippen molar-refractivity contribution in [1.82, 2.24) is 5.43 Å². The van der Waals surface area contributed by atoms with Crippen LogP contribution in [0.2, 0.25) is 0 Å². The zero-order chi connectivity index (χ0) is 13.8. The summed E-state index contributed by atoms with van der Waals surface area (Å²) in [6.07, 6.45) is 9.91. The minimum absolute atomic E-state index is 0.317. The first-order valence-electron chi connectivity index (χ1n) is 8.03. The molecular formula is C17H26N2O. The highest BCUT2D eigenvalue weighted by molar-refractivity contribution is 5.35. The Morgan fingerprint density at radius 2 is 2.10 bits per heavy atom. The lowest BCUT2D eigenvalue weighted by Gasteiger charge is -2.26. The summed E-state index contributed by atoms with van der Waals surface area (Å²) in [5.74, 6) is 5.75. The van der Waals surface area contributed by atoms with Gasteiger partial charge in [-0.25, -0.2) is 0 Å². The van der Waals surface area contributed by atoms with E-state index >= 15 is 0 Å². The molecule has 3 nitrogen and oxygen atoms in total. The van der Waals surface area contributed by atoms with Crippen molar-refractivity contribution in [2.24, 2.45) is 5.84 Å². The number of rotatable bonds is 5. The third-order valence-corrected chi connectivity index (χ3v) is 4.70. The van der Waals surface area contributed by atoms with E-state index in [4.69, 9.17) is 10.6 Å². The Hall–Kier alpha value is -0.900. The van der Waals surface area contributed by atoms with Crippen molar-refractivity contribution in [3.05, 3.63) is 34.9 Å². The van der Waals surface area contributed by atoms with Gasteiger partial charge in [-0.2, -0.15) is 0 Å². The number of hydrazine groups is 1. The molecule has 0 radical (unpaired) electrons. The molecular weight excluding hydrogens is 248 g/mol. The van der Waals surface area contributed by atoms with Crippen LogP contribution >= 0.6 is 0 Å². The fourth-order valence-electron chi connectivity index (χ4n) is 3.56. The first-order chi connectivity index (χ1) is 9.85. The number of hydrogen-bond donors (Lipinski definition) is 2. The lowest BCUT2D eigenvalue weighted by atomic mass is 9.96. The van der Waals surface area contributed by atoms with E-state index in [1.165, 1.54) is 44.1 Å². The molecule has 1 heterocycles. The molecule has 1 fully saturated rings. The molecule has 0 bridgehead atoms. The lowest BCUT2D eigenvalue weighted by Crippen LogP contribution is -2.40. The van der Waals surface area contributed by atoms with Crippen LogP contribution in [0.5, 0.6) is 0 Å². The molecule has 1 saturated heterocycles. The van der Waals surface area contributed by atoms with E-state index in [0.717, 1.165) is 19.4 Å². The van der Waals surface area contributed by atoms with E-state index in [-0.39, 0.29) is 0 Å². The van der Waals surface area contributed by atoms with Crippen LogP contribution in [0.15, 0.2) is 18.2 Å². The van der Waals surface area contributed by atoms with E-state index in [2.05, 4.69) is 23.6 Å². The van der Waals surface area contributed by atoms with Gasteiger partial charge in [-0.1, -0.05) is 18.2 Å². The summed E-state index contributed by atoms with van der Waals surface area (Å²) in [6.45, 7) is 0.917. The molecule has 3 rings (SSSR count). The van der Waals surface area contributed by atoms with E-state index in [9.17, 15) is 0 Å². The maximum absolute atomic E-state index is 5.83. The molecule has 3 heteroatoms. The molecule has 3 N–H and O–H groups in total. The number of nitrogens with one attached hydrogen (secondary N) is 1. The van der Waals surface area contributed by atoms with E-state index in [1.54, 1.807) is 11.1 Å². The van der Waals surface area contributed by atoms with Crippen LogP contribution in [0.1, 0.15) is 48.8 Å². The molecule has 0 amide bonds. The molecule has 0 aromatic heterocycles. The quantitative estimate of drug-likeness (QED) is 0.640. The average Bonchev–Trinajstić information content (AvgIpc) is 2.95. The number of benzene rings is 1. The van der Waals surface area contributed by atoms with Gasteiger partial charge in [-0.3, -0.25) is 11.3 Å².